The number of para-hydroxylation sites is 2. The number of carbonyl (C=O) groups is 3. The highest BCUT2D eigenvalue weighted by molar-refractivity contribution is 6.01. The van der Waals surface area contributed by atoms with Crippen LogP contribution in [-0.2, 0) is 4.79 Å². The second kappa shape index (κ2) is 10.4. The number of fused-ring (bicyclic) bond motifs is 1. The topological polar surface area (TPSA) is 139 Å². The normalized spacial score (nSPS) is 13.8. The summed E-state index contributed by atoms with van der Waals surface area (Å²) < 4.78 is 0. The minimum absolute atomic E-state index is 0.00236. The molecule has 0 atom stereocenters. The quantitative estimate of drug-likeness (QED) is 0.297. The monoisotopic (exact) mass is 494 g/mol. The fraction of sp³-hybridized carbons (Fsp3) is 0.179. The molecule has 0 aliphatic heterocycles. The van der Waals surface area contributed by atoms with Crippen LogP contribution in [0, 0.1) is 0 Å². The van der Waals surface area contributed by atoms with Gasteiger partial charge in [0.05, 0.1) is 16.8 Å². The van der Waals surface area contributed by atoms with Crippen molar-refractivity contribution in [2.24, 2.45) is 5.73 Å². The summed E-state index contributed by atoms with van der Waals surface area (Å²) in [5, 5.41) is 10.2. The van der Waals surface area contributed by atoms with E-state index in [0.29, 0.717) is 65.5 Å². The van der Waals surface area contributed by atoms with Crippen molar-refractivity contribution in [3.05, 3.63) is 83.9 Å². The van der Waals surface area contributed by atoms with Crippen molar-refractivity contribution in [2.45, 2.75) is 31.7 Å². The molecule has 5 rings (SSSR count). The molecule has 186 valence electrons. The number of rotatable bonds is 7. The zero-order valence-electron chi connectivity index (χ0n) is 20.0. The van der Waals surface area contributed by atoms with E-state index in [1.165, 1.54) is 0 Å². The van der Waals surface area contributed by atoms with Gasteiger partial charge in [0.1, 0.15) is 11.6 Å². The Balaban J connectivity index is 1.40. The molecule has 0 spiro atoms. The van der Waals surface area contributed by atoms with Crippen molar-refractivity contribution in [3.63, 3.8) is 0 Å². The van der Waals surface area contributed by atoms with Crippen molar-refractivity contribution in [1.29, 1.82) is 0 Å². The van der Waals surface area contributed by atoms with Crippen molar-refractivity contribution >= 4 is 51.6 Å². The number of hydrogen-bond acceptors (Lipinski definition) is 7. The molecule has 9 heteroatoms. The molecule has 4 aromatic rings. The summed E-state index contributed by atoms with van der Waals surface area (Å²) in [5.74, 6) is 0.338. The largest absolute Gasteiger partial charge is 0.366 e. The van der Waals surface area contributed by atoms with E-state index in [4.69, 9.17) is 5.73 Å². The highest BCUT2D eigenvalue weighted by Gasteiger charge is 2.21. The first-order valence-electron chi connectivity index (χ1n) is 12.1. The Kier molecular flexibility index (Phi) is 6.76. The van der Waals surface area contributed by atoms with Crippen molar-refractivity contribution in [3.8, 4) is 0 Å². The van der Waals surface area contributed by atoms with Crippen LogP contribution in [0.25, 0.3) is 10.9 Å². The maximum absolute atomic E-state index is 12.8. The lowest BCUT2D eigenvalue weighted by Crippen LogP contribution is -2.37. The number of primary amides is 1. The molecule has 1 saturated carbocycles. The van der Waals surface area contributed by atoms with E-state index in [0.717, 1.165) is 5.39 Å². The van der Waals surface area contributed by atoms with E-state index in [1.54, 1.807) is 42.5 Å². The lowest BCUT2D eigenvalue weighted by molar-refractivity contribution is -0.120. The van der Waals surface area contributed by atoms with Crippen LogP contribution in [0.4, 0.5) is 23.1 Å². The zero-order valence-corrected chi connectivity index (χ0v) is 20.0. The van der Waals surface area contributed by atoms with Gasteiger partial charge in [0, 0.05) is 35.5 Å². The van der Waals surface area contributed by atoms with Crippen molar-refractivity contribution in [2.75, 3.05) is 10.6 Å². The van der Waals surface area contributed by atoms with Crippen LogP contribution in [0.3, 0.4) is 0 Å². The number of amides is 2. The predicted molar refractivity (Wildman–Crippen MR) is 142 cm³/mol. The fourth-order valence-corrected chi connectivity index (χ4v) is 4.38. The predicted octanol–water partition coefficient (Wildman–Crippen LogP) is 4.46. The molecule has 0 bridgehead atoms. The molecule has 0 radical (unpaired) electrons. The first-order chi connectivity index (χ1) is 18.0. The SMILES string of the molecule is NC(=O)c1ccccc1Nc1nc(Nc2cccc(C(=O)NC3CCC(=O)CC3)c2)nc2ccccc12. The third-order valence-corrected chi connectivity index (χ3v) is 6.31. The number of Topliss-reactive ketones (excluding diaryl/α,β-unsaturated/α-hetero) is 1. The average molecular weight is 495 g/mol. The van der Waals surface area contributed by atoms with Crippen LogP contribution >= 0.6 is 0 Å². The van der Waals surface area contributed by atoms with Gasteiger partial charge in [-0.05, 0) is 55.3 Å². The maximum Gasteiger partial charge on any atom is 0.251 e. The van der Waals surface area contributed by atoms with Crippen LogP contribution in [-0.4, -0.2) is 33.6 Å². The first-order valence-corrected chi connectivity index (χ1v) is 12.1. The molecular formula is C28H26N6O3. The van der Waals surface area contributed by atoms with Gasteiger partial charge in [0.2, 0.25) is 5.95 Å². The molecule has 37 heavy (non-hydrogen) atoms. The minimum Gasteiger partial charge on any atom is -0.366 e. The summed E-state index contributed by atoms with van der Waals surface area (Å²) in [5.41, 5.74) is 8.26. The Hall–Kier alpha value is -4.79. The number of aromatic nitrogens is 2. The number of ketones is 1. The Labute approximate surface area is 213 Å². The number of benzene rings is 3. The number of nitrogens with two attached hydrogens (primary N) is 1. The Morgan fingerprint density at radius 1 is 0.865 bits per heavy atom. The molecule has 1 aliphatic rings. The van der Waals surface area contributed by atoms with Crippen molar-refractivity contribution < 1.29 is 14.4 Å². The minimum atomic E-state index is -0.547. The van der Waals surface area contributed by atoms with Gasteiger partial charge in [-0.15, -0.1) is 0 Å². The van der Waals surface area contributed by atoms with Gasteiger partial charge in [-0.2, -0.15) is 4.98 Å². The fourth-order valence-electron chi connectivity index (χ4n) is 4.38. The van der Waals surface area contributed by atoms with Crippen LogP contribution in [0.1, 0.15) is 46.4 Å². The van der Waals surface area contributed by atoms with E-state index in [-0.39, 0.29) is 17.7 Å². The standard InChI is InChI=1S/C28H26N6O3/c29-25(36)21-8-1-3-10-23(21)32-26-22-9-2-4-11-24(22)33-28(34-26)31-19-7-5-6-17(16-19)27(37)30-18-12-14-20(35)15-13-18/h1-11,16,18H,12-15H2,(H2,29,36)(H,30,37)(H2,31,32,33,34). The van der Waals surface area contributed by atoms with E-state index in [9.17, 15) is 14.4 Å². The van der Waals surface area contributed by atoms with Crippen molar-refractivity contribution in [1.82, 2.24) is 15.3 Å². The number of carbonyl (C=O) groups excluding carboxylic acids is 3. The highest BCUT2D eigenvalue weighted by Crippen LogP contribution is 2.28. The van der Waals surface area contributed by atoms with Gasteiger partial charge >= 0.3 is 0 Å². The molecule has 3 aromatic carbocycles. The second-order valence-corrected chi connectivity index (χ2v) is 8.94. The molecule has 1 aliphatic carbocycles. The number of nitrogens with zero attached hydrogens (tertiary/aromatic N) is 2. The number of anilines is 4. The van der Waals surface area contributed by atoms with E-state index in [1.807, 2.05) is 30.3 Å². The van der Waals surface area contributed by atoms with Crippen LogP contribution < -0.4 is 21.7 Å². The third-order valence-electron chi connectivity index (χ3n) is 6.31. The molecule has 2 amide bonds. The summed E-state index contributed by atoms with van der Waals surface area (Å²) in [4.78, 5) is 45.5. The van der Waals surface area contributed by atoms with E-state index < -0.39 is 5.91 Å². The molecule has 1 heterocycles. The van der Waals surface area contributed by atoms with Gasteiger partial charge < -0.3 is 21.7 Å². The molecular weight excluding hydrogens is 468 g/mol. The maximum atomic E-state index is 12.8. The van der Waals surface area contributed by atoms with Crippen LogP contribution in [0.2, 0.25) is 0 Å². The molecule has 1 fully saturated rings. The second-order valence-electron chi connectivity index (χ2n) is 8.94. The number of nitrogens with one attached hydrogen (secondary N) is 3. The van der Waals surface area contributed by atoms with Crippen LogP contribution in [0.5, 0.6) is 0 Å². The van der Waals surface area contributed by atoms with E-state index >= 15 is 0 Å². The number of hydrogen-bond donors (Lipinski definition) is 4. The third kappa shape index (κ3) is 5.56. The Morgan fingerprint density at radius 3 is 2.43 bits per heavy atom. The Morgan fingerprint density at radius 2 is 1.62 bits per heavy atom. The summed E-state index contributed by atoms with van der Waals surface area (Å²) in [6, 6.07) is 21.6. The molecule has 1 aromatic heterocycles. The summed E-state index contributed by atoms with van der Waals surface area (Å²) in [6.07, 6.45) is 2.35. The van der Waals surface area contributed by atoms with E-state index in [2.05, 4.69) is 25.9 Å². The van der Waals surface area contributed by atoms with Gasteiger partial charge in [-0.25, -0.2) is 4.98 Å². The van der Waals surface area contributed by atoms with Crippen LogP contribution in [0.15, 0.2) is 72.8 Å². The van der Waals surface area contributed by atoms with Gasteiger partial charge in [0.15, 0.2) is 0 Å². The summed E-state index contributed by atoms with van der Waals surface area (Å²) in [6.45, 7) is 0. The summed E-state index contributed by atoms with van der Waals surface area (Å²) >= 11 is 0. The molecule has 9 nitrogen and oxygen atoms in total. The smallest absolute Gasteiger partial charge is 0.251 e. The average Bonchev–Trinajstić information content (AvgIpc) is 2.90. The zero-order chi connectivity index (χ0) is 25.8. The van der Waals surface area contributed by atoms with Gasteiger partial charge in [-0.3, -0.25) is 14.4 Å². The Bertz CT molecular complexity index is 1490. The lowest BCUT2D eigenvalue weighted by atomic mass is 9.94. The molecule has 0 unspecified atom stereocenters. The first kappa shape index (κ1) is 23.9. The summed E-state index contributed by atoms with van der Waals surface area (Å²) in [7, 11) is 0. The lowest BCUT2D eigenvalue weighted by Gasteiger charge is -2.22. The van der Waals surface area contributed by atoms with Gasteiger partial charge in [0.25, 0.3) is 11.8 Å². The molecule has 0 saturated heterocycles. The molecule has 5 N–H and O–H groups in total. The highest BCUT2D eigenvalue weighted by atomic mass is 16.2. The van der Waals surface area contributed by atoms with Gasteiger partial charge in [-0.1, -0.05) is 30.3 Å².